The van der Waals surface area contributed by atoms with Gasteiger partial charge in [0.15, 0.2) is 17.5 Å². The number of benzene rings is 1. The number of methoxy groups -OCH3 is 2. The van der Waals surface area contributed by atoms with Crippen LogP contribution in [-0.2, 0) is 17.8 Å². The number of halogens is 1. The van der Waals surface area contributed by atoms with Crippen molar-refractivity contribution in [1.82, 2.24) is 15.1 Å². The zero-order valence-electron chi connectivity index (χ0n) is 16.9. The molecule has 1 aromatic carbocycles. The average molecular weight is 490 g/mol. The summed E-state index contributed by atoms with van der Waals surface area (Å²) in [5, 5.41) is 3.36. The predicted octanol–water partition coefficient (Wildman–Crippen LogP) is 2.12. The smallest absolute Gasteiger partial charge is 0.243 e. The minimum atomic E-state index is -0.00962. The number of guanidine groups is 1. The molecule has 1 aliphatic rings. The van der Waals surface area contributed by atoms with Crippen molar-refractivity contribution in [2.75, 3.05) is 47.9 Å². The van der Waals surface area contributed by atoms with Crippen molar-refractivity contribution in [3.63, 3.8) is 0 Å². The Balaban J connectivity index is 0.00000364. The van der Waals surface area contributed by atoms with E-state index in [4.69, 9.17) is 9.47 Å². The predicted molar refractivity (Wildman–Crippen MR) is 118 cm³/mol. The summed E-state index contributed by atoms with van der Waals surface area (Å²) >= 11 is 0. The second kappa shape index (κ2) is 11.2. The normalized spacial score (nSPS) is 13.4. The highest BCUT2D eigenvalue weighted by atomic mass is 127. The summed E-state index contributed by atoms with van der Waals surface area (Å²) in [4.78, 5) is 20.2. The maximum absolute atomic E-state index is 11.9. The molecule has 0 spiro atoms. The number of hydrogen-bond acceptors (Lipinski definition) is 4. The first-order chi connectivity index (χ1) is 12.5. The van der Waals surface area contributed by atoms with Crippen LogP contribution in [0.5, 0.6) is 11.5 Å². The first-order valence-electron chi connectivity index (χ1n) is 8.97. The van der Waals surface area contributed by atoms with Crippen LogP contribution < -0.4 is 14.8 Å². The van der Waals surface area contributed by atoms with Crippen molar-refractivity contribution in [1.29, 1.82) is 0 Å². The number of fused-ring (bicyclic) bond motifs is 1. The van der Waals surface area contributed by atoms with Crippen molar-refractivity contribution in [2.45, 2.75) is 26.3 Å². The molecule has 1 N–H and O–H groups in total. The Hall–Kier alpha value is -1.71. The van der Waals surface area contributed by atoms with Gasteiger partial charge in [-0.2, -0.15) is 0 Å². The molecule has 0 saturated heterocycles. The first-order valence-corrected chi connectivity index (χ1v) is 8.97. The molecule has 0 radical (unpaired) electrons. The molecule has 1 aromatic rings. The quantitative estimate of drug-likeness (QED) is 0.376. The molecule has 0 atom stereocenters. The van der Waals surface area contributed by atoms with Gasteiger partial charge in [-0.05, 0) is 36.1 Å². The molecule has 0 aliphatic carbocycles. The molecule has 2 rings (SSSR count). The molecule has 8 heteroatoms. The molecule has 0 unspecified atom stereocenters. The van der Waals surface area contributed by atoms with Gasteiger partial charge in [-0.1, -0.05) is 6.92 Å². The minimum Gasteiger partial charge on any atom is -0.493 e. The lowest BCUT2D eigenvalue weighted by atomic mass is 9.99. The van der Waals surface area contributed by atoms with Crippen molar-refractivity contribution in [3.05, 3.63) is 23.3 Å². The van der Waals surface area contributed by atoms with Crippen LogP contribution in [-0.4, -0.2) is 69.6 Å². The highest BCUT2D eigenvalue weighted by molar-refractivity contribution is 14.0. The Kier molecular flexibility index (Phi) is 9.68. The van der Waals surface area contributed by atoms with Gasteiger partial charge in [-0.3, -0.25) is 4.79 Å². The summed E-state index contributed by atoms with van der Waals surface area (Å²) in [5.74, 6) is 2.26. The fourth-order valence-corrected chi connectivity index (χ4v) is 2.85. The van der Waals surface area contributed by atoms with Gasteiger partial charge in [0, 0.05) is 33.7 Å². The number of likely N-dealkylation sites (N-methyl/N-ethyl adjacent to an activating group) is 1. The molecule has 0 fully saturated rings. The largest absolute Gasteiger partial charge is 0.493 e. The lowest BCUT2D eigenvalue weighted by Gasteiger charge is -2.32. The monoisotopic (exact) mass is 490 g/mol. The van der Waals surface area contributed by atoms with Crippen molar-refractivity contribution >= 4 is 35.8 Å². The van der Waals surface area contributed by atoms with Gasteiger partial charge in [0.2, 0.25) is 5.91 Å². The standard InChI is InChI=1S/C19H30N4O3.HI/c1-6-8-20-19(21-12-18(24)22(2)3)23-9-7-14-10-16(25-4)17(26-5)11-15(14)13-23;/h10-11H,6-9,12-13H2,1-5H3,(H,20,21);1H. The van der Waals surface area contributed by atoms with Gasteiger partial charge in [-0.25, -0.2) is 4.99 Å². The number of carbonyl (C=O) groups excluding carboxylic acids is 1. The topological polar surface area (TPSA) is 66.4 Å². The van der Waals surface area contributed by atoms with Gasteiger partial charge in [0.25, 0.3) is 0 Å². The van der Waals surface area contributed by atoms with Crippen molar-refractivity contribution in [3.8, 4) is 11.5 Å². The number of hydrogen-bond donors (Lipinski definition) is 1. The summed E-state index contributed by atoms with van der Waals surface area (Å²) in [6.07, 6.45) is 1.89. The highest BCUT2D eigenvalue weighted by Crippen LogP contribution is 2.33. The Labute approximate surface area is 179 Å². The fourth-order valence-electron chi connectivity index (χ4n) is 2.85. The number of nitrogens with zero attached hydrogens (tertiary/aromatic N) is 3. The van der Waals surface area contributed by atoms with Gasteiger partial charge < -0.3 is 24.6 Å². The van der Waals surface area contributed by atoms with Crippen LogP contribution in [0.25, 0.3) is 0 Å². The minimum absolute atomic E-state index is 0. The van der Waals surface area contributed by atoms with Crippen LogP contribution >= 0.6 is 24.0 Å². The van der Waals surface area contributed by atoms with E-state index in [1.807, 2.05) is 6.07 Å². The zero-order chi connectivity index (χ0) is 19.1. The Morgan fingerprint density at radius 1 is 1.22 bits per heavy atom. The van der Waals surface area contributed by atoms with Crippen molar-refractivity contribution < 1.29 is 14.3 Å². The van der Waals surface area contributed by atoms with Crippen LogP contribution in [0, 0.1) is 0 Å². The third-order valence-electron chi connectivity index (χ3n) is 4.41. The fraction of sp³-hybridized carbons (Fsp3) is 0.579. The molecule has 152 valence electrons. The molecular weight excluding hydrogens is 459 g/mol. The average Bonchev–Trinajstić information content (AvgIpc) is 2.66. The summed E-state index contributed by atoms with van der Waals surface area (Å²) < 4.78 is 10.8. The Bertz CT molecular complexity index is 665. The van der Waals surface area contributed by atoms with Crippen LogP contribution in [0.15, 0.2) is 17.1 Å². The van der Waals surface area contributed by atoms with Crippen molar-refractivity contribution in [2.24, 2.45) is 4.99 Å². The van der Waals surface area contributed by atoms with E-state index in [1.54, 1.807) is 33.2 Å². The number of aliphatic imine (C=N–C) groups is 1. The van der Waals surface area contributed by atoms with Crippen LogP contribution in [0.2, 0.25) is 0 Å². The van der Waals surface area contributed by atoms with Crippen LogP contribution in [0.1, 0.15) is 24.5 Å². The molecule has 1 aliphatic heterocycles. The van der Waals surface area contributed by atoms with E-state index in [2.05, 4.69) is 28.2 Å². The van der Waals surface area contributed by atoms with E-state index >= 15 is 0 Å². The molecular formula is C19H31IN4O3. The number of nitrogens with one attached hydrogen (secondary N) is 1. The summed E-state index contributed by atoms with van der Waals surface area (Å²) in [6, 6.07) is 4.08. The van der Waals surface area contributed by atoms with E-state index in [-0.39, 0.29) is 36.4 Å². The molecule has 0 saturated carbocycles. The van der Waals surface area contributed by atoms with Crippen LogP contribution in [0.4, 0.5) is 0 Å². The maximum atomic E-state index is 11.9. The lowest BCUT2D eigenvalue weighted by Crippen LogP contribution is -2.45. The summed E-state index contributed by atoms with van der Waals surface area (Å²) in [5.41, 5.74) is 2.46. The number of ether oxygens (including phenoxy) is 2. The molecule has 7 nitrogen and oxygen atoms in total. The van der Waals surface area contributed by atoms with Gasteiger partial charge >= 0.3 is 0 Å². The van der Waals surface area contributed by atoms with E-state index < -0.39 is 0 Å². The number of carbonyl (C=O) groups is 1. The maximum Gasteiger partial charge on any atom is 0.243 e. The number of amides is 1. The van der Waals surface area contributed by atoms with Crippen LogP contribution in [0.3, 0.4) is 0 Å². The Morgan fingerprint density at radius 2 is 1.85 bits per heavy atom. The molecule has 0 bridgehead atoms. The molecule has 27 heavy (non-hydrogen) atoms. The Morgan fingerprint density at radius 3 is 2.41 bits per heavy atom. The second-order valence-electron chi connectivity index (χ2n) is 6.50. The highest BCUT2D eigenvalue weighted by Gasteiger charge is 2.22. The van der Waals surface area contributed by atoms with Gasteiger partial charge in [0.05, 0.1) is 14.2 Å². The van der Waals surface area contributed by atoms with E-state index in [1.165, 1.54) is 11.1 Å². The molecule has 0 aromatic heterocycles. The van der Waals surface area contributed by atoms with Gasteiger partial charge in [-0.15, -0.1) is 24.0 Å². The van der Waals surface area contributed by atoms with E-state index in [0.29, 0.717) is 0 Å². The molecule has 1 amide bonds. The molecule has 1 heterocycles. The van der Waals surface area contributed by atoms with E-state index in [9.17, 15) is 4.79 Å². The number of rotatable bonds is 6. The first kappa shape index (κ1) is 23.3. The zero-order valence-corrected chi connectivity index (χ0v) is 19.2. The third-order valence-corrected chi connectivity index (χ3v) is 4.41. The lowest BCUT2D eigenvalue weighted by molar-refractivity contribution is -0.127. The summed E-state index contributed by atoms with van der Waals surface area (Å²) in [6.45, 7) is 4.65. The second-order valence-corrected chi connectivity index (χ2v) is 6.50. The summed E-state index contributed by atoms with van der Waals surface area (Å²) in [7, 11) is 6.79. The third kappa shape index (κ3) is 6.15. The van der Waals surface area contributed by atoms with Gasteiger partial charge in [0.1, 0.15) is 6.54 Å². The SMILES string of the molecule is CCCNC(=NCC(=O)N(C)C)N1CCc2cc(OC)c(OC)cc2C1.I. The van der Waals surface area contributed by atoms with E-state index in [0.717, 1.165) is 49.9 Å².